The number of carboxylic acids is 3. The molecule has 0 saturated carbocycles. The van der Waals surface area contributed by atoms with Crippen LogP contribution < -0.4 is 4.90 Å². The Morgan fingerprint density at radius 3 is 2.00 bits per heavy atom. The fraction of sp³-hybridized carbons (Fsp3) is 0.267. The van der Waals surface area contributed by atoms with Crippen molar-refractivity contribution in [2.24, 2.45) is 0 Å². The zero-order valence-electron chi connectivity index (χ0n) is 23.2. The van der Waals surface area contributed by atoms with E-state index in [0.717, 1.165) is 11.8 Å². The molecule has 13 heteroatoms. The third-order valence-corrected chi connectivity index (χ3v) is 7.20. The van der Waals surface area contributed by atoms with Crippen LogP contribution in [0.25, 0.3) is 11.0 Å². The highest BCUT2D eigenvalue weighted by Crippen LogP contribution is 2.34. The van der Waals surface area contributed by atoms with Crippen molar-refractivity contribution in [2.45, 2.75) is 26.6 Å². The molecule has 5 rings (SSSR count). The molecule has 2 heterocycles. The number of benzene rings is 3. The summed E-state index contributed by atoms with van der Waals surface area (Å²) in [6, 6.07) is 11.7. The van der Waals surface area contributed by atoms with Crippen molar-refractivity contribution < 1.29 is 47.6 Å². The Kier molecular flexibility index (Phi) is 9.04. The Balaban J connectivity index is 0.000000273. The predicted molar refractivity (Wildman–Crippen MR) is 150 cm³/mol. The number of carbonyl (C=O) groups is 3. The van der Waals surface area contributed by atoms with Crippen LogP contribution in [0.1, 0.15) is 53.3 Å². The van der Waals surface area contributed by atoms with E-state index in [1.165, 1.54) is 44.4 Å². The molecule has 226 valence electrons. The lowest BCUT2D eigenvalue weighted by atomic mass is 10.0. The number of fused-ring (bicyclic) bond motifs is 1. The molecule has 43 heavy (non-hydrogen) atoms. The van der Waals surface area contributed by atoms with Gasteiger partial charge in [0.2, 0.25) is 0 Å². The summed E-state index contributed by atoms with van der Waals surface area (Å²) in [5, 5.41) is 27.0. The molecule has 1 aliphatic rings. The Morgan fingerprint density at radius 1 is 0.860 bits per heavy atom. The average molecular weight is 600 g/mol. The lowest BCUT2D eigenvalue weighted by Crippen LogP contribution is -2.36. The zero-order chi connectivity index (χ0) is 31.5. The molecule has 1 aliphatic heterocycles. The molecule has 0 atom stereocenters. The number of aromatic nitrogens is 2. The standard InChI is InChI=1S/C21H20F3N3O3.C9H8O4/c1-13-14(3-2-4-17(13)21(22,23)24)11-27-12-25-19-16(20(28)29)9-15(10-18(19)27)26-5-7-30-8-6-26;1-5-6(8(10)11)3-2-4-7(5)9(12)13/h2-4,9-10,12H,5-8,11H2,1H3,(H,28,29);2-4H,1H3,(H,10,11)(H,12,13). The quantitative estimate of drug-likeness (QED) is 0.268. The van der Waals surface area contributed by atoms with Crippen LogP contribution in [0.3, 0.4) is 0 Å². The van der Waals surface area contributed by atoms with Crippen LogP contribution in [-0.4, -0.2) is 69.1 Å². The first kappa shape index (κ1) is 31.0. The number of hydrogen-bond donors (Lipinski definition) is 3. The van der Waals surface area contributed by atoms with Crippen molar-refractivity contribution in [1.29, 1.82) is 0 Å². The number of hydrogen-bond acceptors (Lipinski definition) is 6. The van der Waals surface area contributed by atoms with Crippen LogP contribution in [-0.2, 0) is 17.5 Å². The van der Waals surface area contributed by atoms with Gasteiger partial charge in [0.1, 0.15) is 5.52 Å². The fourth-order valence-electron chi connectivity index (χ4n) is 4.89. The van der Waals surface area contributed by atoms with Crippen LogP contribution >= 0.6 is 0 Å². The number of rotatable bonds is 6. The maximum Gasteiger partial charge on any atom is 0.416 e. The molecule has 4 aromatic rings. The van der Waals surface area contributed by atoms with Crippen LogP contribution in [0.5, 0.6) is 0 Å². The fourth-order valence-corrected chi connectivity index (χ4v) is 4.89. The van der Waals surface area contributed by atoms with E-state index in [2.05, 4.69) is 4.98 Å². The van der Waals surface area contributed by atoms with Gasteiger partial charge in [-0.2, -0.15) is 13.2 Å². The molecular formula is C30H28F3N3O7. The first-order valence-electron chi connectivity index (χ1n) is 13.1. The summed E-state index contributed by atoms with van der Waals surface area (Å²) in [7, 11) is 0. The number of alkyl halides is 3. The summed E-state index contributed by atoms with van der Waals surface area (Å²) < 4.78 is 46.8. The minimum Gasteiger partial charge on any atom is -0.478 e. The number of nitrogens with zero attached hydrogens (tertiary/aromatic N) is 3. The van der Waals surface area contributed by atoms with Gasteiger partial charge in [-0.25, -0.2) is 19.4 Å². The van der Waals surface area contributed by atoms with Gasteiger partial charge in [0.25, 0.3) is 0 Å². The topological polar surface area (TPSA) is 142 Å². The molecular weight excluding hydrogens is 571 g/mol. The number of ether oxygens (including phenoxy) is 1. The van der Waals surface area contributed by atoms with Crippen molar-refractivity contribution in [2.75, 3.05) is 31.2 Å². The first-order valence-corrected chi connectivity index (χ1v) is 13.1. The number of aromatic carboxylic acids is 3. The second kappa shape index (κ2) is 12.5. The van der Waals surface area contributed by atoms with Gasteiger partial charge in [0, 0.05) is 25.3 Å². The normalized spacial score (nSPS) is 13.4. The maximum atomic E-state index is 13.3. The molecule has 3 aromatic carbocycles. The van der Waals surface area contributed by atoms with Gasteiger partial charge in [-0.1, -0.05) is 18.2 Å². The molecule has 0 radical (unpaired) electrons. The zero-order valence-corrected chi connectivity index (χ0v) is 23.2. The Bertz CT molecular complexity index is 1660. The smallest absolute Gasteiger partial charge is 0.416 e. The molecule has 1 saturated heterocycles. The number of imidazole rings is 1. The predicted octanol–water partition coefficient (Wildman–Crippen LogP) is 5.34. The van der Waals surface area contributed by atoms with Crippen molar-refractivity contribution in [3.63, 3.8) is 0 Å². The minimum atomic E-state index is -4.43. The number of halogens is 3. The highest BCUT2D eigenvalue weighted by atomic mass is 19.4. The number of morpholine rings is 1. The van der Waals surface area contributed by atoms with Gasteiger partial charge in [-0.05, 0) is 60.9 Å². The molecule has 10 nitrogen and oxygen atoms in total. The summed E-state index contributed by atoms with van der Waals surface area (Å²) in [5.74, 6) is -3.32. The summed E-state index contributed by atoms with van der Waals surface area (Å²) in [4.78, 5) is 39.3. The van der Waals surface area contributed by atoms with E-state index in [9.17, 15) is 32.7 Å². The van der Waals surface area contributed by atoms with Crippen LogP contribution in [0.4, 0.5) is 18.9 Å². The molecule has 1 aromatic heterocycles. The minimum absolute atomic E-state index is 0.0277. The third-order valence-electron chi connectivity index (χ3n) is 7.20. The van der Waals surface area contributed by atoms with Crippen molar-refractivity contribution in [1.82, 2.24) is 9.55 Å². The van der Waals surface area contributed by atoms with Crippen LogP contribution in [0.15, 0.2) is 54.9 Å². The van der Waals surface area contributed by atoms with Crippen LogP contribution in [0, 0.1) is 13.8 Å². The third kappa shape index (κ3) is 6.78. The van der Waals surface area contributed by atoms with E-state index < -0.39 is 29.6 Å². The van der Waals surface area contributed by atoms with Crippen molar-refractivity contribution in [3.8, 4) is 0 Å². The van der Waals surface area contributed by atoms with Gasteiger partial charge in [-0.15, -0.1) is 0 Å². The Labute approximate surface area is 243 Å². The average Bonchev–Trinajstić information content (AvgIpc) is 3.36. The molecule has 0 aliphatic carbocycles. The highest BCUT2D eigenvalue weighted by Gasteiger charge is 2.33. The van der Waals surface area contributed by atoms with Gasteiger partial charge < -0.3 is 29.5 Å². The lowest BCUT2D eigenvalue weighted by Gasteiger charge is -2.29. The summed E-state index contributed by atoms with van der Waals surface area (Å²) in [6.07, 6.45) is -2.96. The van der Waals surface area contributed by atoms with Crippen LogP contribution in [0.2, 0.25) is 0 Å². The highest BCUT2D eigenvalue weighted by molar-refractivity contribution is 6.03. The summed E-state index contributed by atoms with van der Waals surface area (Å²) in [5.41, 5.74) is 1.97. The largest absolute Gasteiger partial charge is 0.478 e. The van der Waals surface area contributed by atoms with E-state index >= 15 is 0 Å². The first-order chi connectivity index (χ1) is 20.3. The van der Waals surface area contributed by atoms with E-state index in [1.54, 1.807) is 16.7 Å². The lowest BCUT2D eigenvalue weighted by molar-refractivity contribution is -0.138. The van der Waals surface area contributed by atoms with E-state index in [0.29, 0.717) is 42.9 Å². The molecule has 0 bridgehead atoms. The Hall–Kier alpha value is -4.91. The number of anilines is 1. The SMILES string of the molecule is Cc1c(C(=O)O)cccc1C(=O)O.Cc1c(Cn2cnc3c(C(=O)O)cc(N4CCOCC4)cc32)cccc1C(F)(F)F. The molecule has 0 amide bonds. The second-order valence-electron chi connectivity index (χ2n) is 9.81. The van der Waals surface area contributed by atoms with E-state index in [1.807, 2.05) is 11.0 Å². The number of carboxylic acid groups (broad SMARTS) is 3. The molecule has 3 N–H and O–H groups in total. The second-order valence-corrected chi connectivity index (χ2v) is 9.81. The molecule has 0 unspecified atom stereocenters. The van der Waals surface area contributed by atoms with E-state index in [4.69, 9.17) is 14.9 Å². The Morgan fingerprint density at radius 2 is 1.44 bits per heavy atom. The summed E-state index contributed by atoms with van der Waals surface area (Å²) >= 11 is 0. The maximum absolute atomic E-state index is 13.3. The van der Waals surface area contributed by atoms with Crippen molar-refractivity contribution in [3.05, 3.63) is 93.8 Å². The molecule has 1 fully saturated rings. The molecule has 0 spiro atoms. The van der Waals surface area contributed by atoms with Crippen molar-refractivity contribution >= 4 is 34.6 Å². The van der Waals surface area contributed by atoms with Gasteiger partial charge in [0.05, 0.1) is 47.3 Å². The summed E-state index contributed by atoms with van der Waals surface area (Å²) in [6.45, 7) is 5.42. The van der Waals surface area contributed by atoms with Gasteiger partial charge in [0.15, 0.2) is 0 Å². The van der Waals surface area contributed by atoms with E-state index in [-0.39, 0.29) is 34.4 Å². The van der Waals surface area contributed by atoms with Gasteiger partial charge in [-0.3, -0.25) is 0 Å². The monoisotopic (exact) mass is 599 g/mol. The van der Waals surface area contributed by atoms with Gasteiger partial charge >= 0.3 is 24.1 Å².